The summed E-state index contributed by atoms with van der Waals surface area (Å²) in [5, 5.41) is 9.53. The van der Waals surface area contributed by atoms with E-state index in [1.165, 1.54) is 4.90 Å². The van der Waals surface area contributed by atoms with E-state index in [0.29, 0.717) is 13.0 Å². The summed E-state index contributed by atoms with van der Waals surface area (Å²) in [5.74, 6) is -1.20. The minimum atomic E-state index is -0.689. The largest absolute Gasteiger partial charge is 0.457 e. The quantitative estimate of drug-likeness (QED) is 0.346. The minimum Gasteiger partial charge on any atom is -0.457 e. The number of piperidine rings is 1. The maximum Gasteiger partial charge on any atom is 0.329 e. The summed E-state index contributed by atoms with van der Waals surface area (Å²) in [5.41, 5.74) is 0.843. The van der Waals surface area contributed by atoms with Gasteiger partial charge in [0, 0.05) is 12.5 Å². The molecule has 1 rings (SSSR count). The molecule has 130 valence electrons. The topological polar surface area (TPSA) is 83.9 Å². The van der Waals surface area contributed by atoms with E-state index in [-0.39, 0.29) is 12.2 Å². The smallest absolute Gasteiger partial charge is 0.329 e. The van der Waals surface area contributed by atoms with Crippen LogP contribution in [0.2, 0.25) is 0 Å². The molecule has 0 aromatic heterocycles. The molecular formula is C17H27NO5. The molecule has 1 aliphatic rings. The zero-order chi connectivity index (χ0) is 17.6. The highest BCUT2D eigenvalue weighted by Crippen LogP contribution is 2.20. The predicted octanol–water partition coefficient (Wildman–Crippen LogP) is 1.46. The number of aliphatic hydroxyl groups is 1. The summed E-state index contributed by atoms with van der Waals surface area (Å²) in [6, 6.07) is -0.689. The molecule has 6 nitrogen and oxygen atoms in total. The van der Waals surface area contributed by atoms with E-state index in [9.17, 15) is 19.5 Å². The Balaban J connectivity index is 2.72. The van der Waals surface area contributed by atoms with Gasteiger partial charge in [0.2, 0.25) is 6.29 Å². The van der Waals surface area contributed by atoms with Gasteiger partial charge < -0.3 is 14.7 Å². The number of aliphatic hydroxyl groups excluding tert-OH is 1. The molecule has 0 bridgehead atoms. The molecule has 1 fully saturated rings. The van der Waals surface area contributed by atoms with Crippen molar-refractivity contribution in [2.24, 2.45) is 5.92 Å². The lowest BCUT2D eigenvalue weighted by molar-refractivity contribution is -0.159. The second-order valence-corrected chi connectivity index (χ2v) is 6.25. The molecule has 4 unspecified atom stereocenters. The van der Waals surface area contributed by atoms with Gasteiger partial charge >= 0.3 is 5.97 Å². The van der Waals surface area contributed by atoms with Gasteiger partial charge in [-0.25, -0.2) is 4.79 Å². The van der Waals surface area contributed by atoms with Crippen molar-refractivity contribution in [1.82, 2.24) is 4.90 Å². The third-order valence-corrected chi connectivity index (χ3v) is 4.38. The number of ether oxygens (including phenoxy) is 1. The fourth-order valence-corrected chi connectivity index (χ4v) is 2.54. The van der Waals surface area contributed by atoms with Gasteiger partial charge in [0.1, 0.15) is 12.1 Å². The van der Waals surface area contributed by atoms with Crippen LogP contribution in [0.15, 0.2) is 11.6 Å². The van der Waals surface area contributed by atoms with Crippen LogP contribution >= 0.6 is 0 Å². The molecule has 0 aromatic carbocycles. The van der Waals surface area contributed by atoms with Gasteiger partial charge in [-0.15, -0.1) is 0 Å². The van der Waals surface area contributed by atoms with Crippen LogP contribution in [-0.4, -0.2) is 53.0 Å². The molecule has 0 radical (unpaired) electrons. The molecule has 0 aromatic rings. The van der Waals surface area contributed by atoms with E-state index in [1.807, 2.05) is 19.9 Å². The molecule has 0 saturated carbocycles. The molecule has 4 atom stereocenters. The van der Waals surface area contributed by atoms with Crippen LogP contribution < -0.4 is 0 Å². The van der Waals surface area contributed by atoms with Crippen LogP contribution in [0.25, 0.3) is 0 Å². The van der Waals surface area contributed by atoms with Crippen molar-refractivity contribution in [1.29, 1.82) is 0 Å². The van der Waals surface area contributed by atoms with Gasteiger partial charge in [-0.1, -0.05) is 13.0 Å². The number of rotatable bonds is 6. The van der Waals surface area contributed by atoms with Crippen LogP contribution in [0.3, 0.4) is 0 Å². The maximum absolute atomic E-state index is 12.4. The van der Waals surface area contributed by atoms with Gasteiger partial charge in [0.15, 0.2) is 0 Å². The number of hydrogen-bond acceptors (Lipinski definition) is 5. The van der Waals surface area contributed by atoms with Crippen LogP contribution in [0.1, 0.15) is 47.0 Å². The van der Waals surface area contributed by atoms with Gasteiger partial charge in [-0.05, 0) is 45.6 Å². The third-order valence-electron chi connectivity index (χ3n) is 4.38. The van der Waals surface area contributed by atoms with E-state index >= 15 is 0 Å². The van der Waals surface area contributed by atoms with Crippen LogP contribution in [0.4, 0.5) is 0 Å². The van der Waals surface area contributed by atoms with Crippen LogP contribution in [0.5, 0.6) is 0 Å². The second kappa shape index (κ2) is 8.82. The van der Waals surface area contributed by atoms with Crippen molar-refractivity contribution in [2.45, 2.75) is 65.2 Å². The van der Waals surface area contributed by atoms with Crippen molar-refractivity contribution < 1.29 is 24.2 Å². The molecule has 1 heterocycles. The highest BCUT2D eigenvalue weighted by atomic mass is 16.5. The number of amides is 1. The maximum atomic E-state index is 12.4. The summed E-state index contributed by atoms with van der Waals surface area (Å²) in [7, 11) is 0. The Hall–Kier alpha value is -1.69. The first-order valence-electron chi connectivity index (χ1n) is 8.10. The van der Waals surface area contributed by atoms with Crippen molar-refractivity contribution in [3.63, 3.8) is 0 Å². The van der Waals surface area contributed by atoms with Crippen molar-refractivity contribution in [3.8, 4) is 0 Å². The molecule has 1 saturated heterocycles. The van der Waals surface area contributed by atoms with Gasteiger partial charge in [-0.2, -0.15) is 0 Å². The van der Waals surface area contributed by atoms with Crippen molar-refractivity contribution in [3.05, 3.63) is 11.6 Å². The Morgan fingerprint density at radius 2 is 1.91 bits per heavy atom. The average Bonchev–Trinajstić information content (AvgIpc) is 2.53. The van der Waals surface area contributed by atoms with E-state index in [4.69, 9.17) is 4.74 Å². The first kappa shape index (κ1) is 19.4. The summed E-state index contributed by atoms with van der Waals surface area (Å²) in [4.78, 5) is 36.0. The van der Waals surface area contributed by atoms with E-state index in [0.717, 1.165) is 18.4 Å². The highest BCUT2D eigenvalue weighted by molar-refractivity contribution is 6.24. The van der Waals surface area contributed by atoms with Crippen molar-refractivity contribution in [2.75, 3.05) is 6.54 Å². The second-order valence-electron chi connectivity index (χ2n) is 6.25. The monoisotopic (exact) mass is 325 g/mol. The Labute approximate surface area is 137 Å². The Morgan fingerprint density at radius 3 is 2.48 bits per heavy atom. The Kier molecular flexibility index (Phi) is 7.42. The summed E-state index contributed by atoms with van der Waals surface area (Å²) in [6.45, 7) is 7.59. The Bertz CT molecular complexity index is 472. The van der Waals surface area contributed by atoms with Crippen molar-refractivity contribution >= 4 is 18.2 Å². The highest BCUT2D eigenvalue weighted by Gasteiger charge is 2.33. The number of esters is 1. The summed E-state index contributed by atoms with van der Waals surface area (Å²) < 4.78 is 5.46. The lowest BCUT2D eigenvalue weighted by Crippen LogP contribution is -2.49. The molecule has 23 heavy (non-hydrogen) atoms. The molecule has 1 aliphatic heterocycles. The van der Waals surface area contributed by atoms with Gasteiger partial charge in [0.05, 0.1) is 6.10 Å². The summed E-state index contributed by atoms with van der Waals surface area (Å²) >= 11 is 0. The predicted molar refractivity (Wildman–Crippen MR) is 85.6 cm³/mol. The number of aldehydes is 1. The fourth-order valence-electron chi connectivity index (χ4n) is 2.54. The van der Waals surface area contributed by atoms with E-state index in [1.54, 1.807) is 13.8 Å². The number of carbonyl (C=O) groups is 3. The number of carbonyl (C=O) groups excluding carboxylic acids is 3. The molecule has 0 aliphatic carbocycles. The average molecular weight is 325 g/mol. The molecule has 1 amide bonds. The number of likely N-dealkylation sites (tertiary alicyclic amines) is 1. The van der Waals surface area contributed by atoms with E-state index in [2.05, 4.69) is 0 Å². The fraction of sp³-hybridized carbons (Fsp3) is 0.706. The lowest BCUT2D eigenvalue weighted by Gasteiger charge is -2.33. The SMILES string of the molecule is C/C(=C\C(C)C(C)O)C(C)OC(=O)C1CCCCN1C(=O)C=O. The number of hydrogen-bond donors (Lipinski definition) is 1. The minimum absolute atomic E-state index is 0.0426. The molecular weight excluding hydrogens is 298 g/mol. The normalized spacial score (nSPS) is 22.9. The zero-order valence-corrected chi connectivity index (χ0v) is 14.3. The van der Waals surface area contributed by atoms with E-state index < -0.39 is 30.1 Å². The third kappa shape index (κ3) is 5.46. The first-order chi connectivity index (χ1) is 10.8. The molecule has 6 heteroatoms. The van der Waals surface area contributed by atoms with Gasteiger partial charge in [-0.3, -0.25) is 9.59 Å². The summed E-state index contributed by atoms with van der Waals surface area (Å²) in [6.07, 6.45) is 3.31. The lowest BCUT2D eigenvalue weighted by atomic mass is 10.0. The number of nitrogens with zero attached hydrogens (tertiary/aromatic N) is 1. The molecule has 1 N–H and O–H groups in total. The van der Waals surface area contributed by atoms with Crippen LogP contribution in [-0.2, 0) is 19.1 Å². The van der Waals surface area contributed by atoms with Gasteiger partial charge in [0.25, 0.3) is 5.91 Å². The standard InChI is InChI=1S/C17H27NO5/c1-11(13(3)20)9-12(2)14(4)23-17(22)15-7-5-6-8-18(15)16(21)10-19/h9-11,13-15,20H,5-8H2,1-4H3/b12-9+. The molecule has 0 spiro atoms. The Morgan fingerprint density at radius 1 is 1.26 bits per heavy atom. The zero-order valence-electron chi connectivity index (χ0n) is 14.3. The first-order valence-corrected chi connectivity index (χ1v) is 8.10. The van der Waals surface area contributed by atoms with Crippen LogP contribution in [0, 0.1) is 5.92 Å².